The topological polar surface area (TPSA) is 58.1 Å². The van der Waals surface area contributed by atoms with Gasteiger partial charge < -0.3 is 10.2 Å². The lowest BCUT2D eigenvalue weighted by atomic mass is 10.1. The second kappa shape index (κ2) is 8.76. The van der Waals surface area contributed by atoms with Gasteiger partial charge in [0.25, 0.3) is 0 Å². The molecule has 3 aromatic rings. The van der Waals surface area contributed by atoms with E-state index >= 15 is 0 Å². The first-order valence-corrected chi connectivity index (χ1v) is 8.63. The molecule has 0 saturated heterocycles. The highest BCUT2D eigenvalue weighted by Gasteiger charge is 2.07. The summed E-state index contributed by atoms with van der Waals surface area (Å²) in [7, 11) is 1.97. The van der Waals surface area contributed by atoms with Crippen molar-refractivity contribution in [3.05, 3.63) is 83.9 Å². The van der Waals surface area contributed by atoms with Gasteiger partial charge in [0.2, 0.25) is 5.91 Å². The van der Waals surface area contributed by atoms with E-state index in [0.29, 0.717) is 18.7 Å². The molecule has 0 radical (unpaired) electrons. The Kier molecular flexibility index (Phi) is 5.93. The minimum atomic E-state index is -0.0615. The molecular weight excluding hydrogens is 324 g/mol. The molecule has 5 heteroatoms. The maximum absolute atomic E-state index is 12.1. The molecule has 0 bridgehead atoms. The summed E-state index contributed by atoms with van der Waals surface area (Å²) < 4.78 is 0. The fourth-order valence-electron chi connectivity index (χ4n) is 2.64. The Morgan fingerprint density at radius 1 is 0.885 bits per heavy atom. The Morgan fingerprint density at radius 2 is 1.54 bits per heavy atom. The van der Waals surface area contributed by atoms with Crippen molar-refractivity contribution in [2.24, 2.45) is 0 Å². The van der Waals surface area contributed by atoms with Crippen LogP contribution in [0.25, 0.3) is 0 Å². The molecule has 0 aliphatic heterocycles. The number of aromatic nitrogens is 2. The largest absolute Gasteiger partial charge is 0.354 e. The normalized spacial score (nSPS) is 10.3. The molecule has 0 aliphatic carbocycles. The van der Waals surface area contributed by atoms with E-state index in [4.69, 9.17) is 0 Å². The quantitative estimate of drug-likeness (QED) is 0.709. The summed E-state index contributed by atoms with van der Waals surface area (Å²) in [5, 5.41) is 11.1. The predicted octanol–water partition coefficient (Wildman–Crippen LogP) is 3.68. The zero-order chi connectivity index (χ0) is 18.2. The molecule has 0 saturated carbocycles. The van der Waals surface area contributed by atoms with Gasteiger partial charge >= 0.3 is 0 Å². The average Bonchev–Trinajstić information content (AvgIpc) is 2.68. The fourth-order valence-corrected chi connectivity index (χ4v) is 2.64. The Balaban J connectivity index is 1.51. The second-order valence-electron chi connectivity index (χ2n) is 6.15. The van der Waals surface area contributed by atoms with Crippen molar-refractivity contribution in [2.45, 2.75) is 19.4 Å². The maximum atomic E-state index is 12.1. The molecule has 0 atom stereocenters. The van der Waals surface area contributed by atoms with Crippen LogP contribution in [0.3, 0.4) is 0 Å². The molecule has 0 fully saturated rings. The molecule has 0 spiro atoms. The molecule has 26 heavy (non-hydrogen) atoms. The van der Waals surface area contributed by atoms with Gasteiger partial charge in [0.15, 0.2) is 11.6 Å². The zero-order valence-electron chi connectivity index (χ0n) is 14.8. The zero-order valence-corrected chi connectivity index (χ0v) is 14.8. The van der Waals surface area contributed by atoms with Gasteiger partial charge in [-0.2, -0.15) is 0 Å². The van der Waals surface area contributed by atoms with Crippen LogP contribution in [0.1, 0.15) is 17.5 Å². The van der Waals surface area contributed by atoms with Crippen molar-refractivity contribution in [3.63, 3.8) is 0 Å². The van der Waals surface area contributed by atoms with Crippen LogP contribution in [-0.4, -0.2) is 23.2 Å². The summed E-state index contributed by atoms with van der Waals surface area (Å²) in [6, 6.07) is 23.8. The molecular formula is C21H22N4O. The van der Waals surface area contributed by atoms with E-state index in [1.54, 1.807) is 6.07 Å². The van der Waals surface area contributed by atoms with Gasteiger partial charge in [0.05, 0.1) is 0 Å². The van der Waals surface area contributed by atoms with Gasteiger partial charge in [-0.25, -0.2) is 0 Å². The summed E-state index contributed by atoms with van der Waals surface area (Å²) in [6.07, 6.45) is 1.12. The van der Waals surface area contributed by atoms with Gasteiger partial charge in [0.1, 0.15) is 0 Å². The van der Waals surface area contributed by atoms with E-state index in [0.717, 1.165) is 17.9 Å². The first-order chi connectivity index (χ1) is 12.7. The predicted molar refractivity (Wildman–Crippen MR) is 104 cm³/mol. The summed E-state index contributed by atoms with van der Waals surface area (Å²) in [5.41, 5.74) is 2.35. The number of nitrogens with one attached hydrogen (secondary N) is 1. The lowest BCUT2D eigenvalue weighted by Gasteiger charge is -2.17. The lowest BCUT2D eigenvalue weighted by molar-refractivity contribution is -0.116. The van der Waals surface area contributed by atoms with Crippen LogP contribution in [0.15, 0.2) is 72.8 Å². The maximum Gasteiger partial charge on any atom is 0.225 e. The van der Waals surface area contributed by atoms with Gasteiger partial charge in [0, 0.05) is 20.0 Å². The number of hydrogen-bond acceptors (Lipinski definition) is 4. The summed E-state index contributed by atoms with van der Waals surface area (Å²) in [5.74, 6) is 1.17. The van der Waals surface area contributed by atoms with E-state index < -0.39 is 0 Å². The number of carbonyl (C=O) groups is 1. The number of benzene rings is 2. The number of aryl methyl sites for hydroxylation is 1. The van der Waals surface area contributed by atoms with Crippen molar-refractivity contribution < 1.29 is 4.79 Å². The molecule has 1 amide bonds. The monoisotopic (exact) mass is 346 g/mol. The number of hydrogen-bond donors (Lipinski definition) is 1. The van der Waals surface area contributed by atoms with E-state index in [1.165, 1.54) is 5.56 Å². The van der Waals surface area contributed by atoms with Crippen LogP contribution in [-0.2, 0) is 17.8 Å². The van der Waals surface area contributed by atoms with Gasteiger partial charge in [-0.3, -0.25) is 4.79 Å². The van der Waals surface area contributed by atoms with Crippen molar-refractivity contribution in [3.8, 4) is 0 Å². The smallest absolute Gasteiger partial charge is 0.225 e. The average molecular weight is 346 g/mol. The van der Waals surface area contributed by atoms with Crippen LogP contribution in [0.2, 0.25) is 0 Å². The SMILES string of the molecule is CN(Cc1ccccc1)c1ccc(NC(=O)CCc2ccccc2)nn1. The highest BCUT2D eigenvalue weighted by molar-refractivity contribution is 5.89. The van der Waals surface area contributed by atoms with Crippen molar-refractivity contribution in [1.29, 1.82) is 0 Å². The molecule has 2 aromatic carbocycles. The third kappa shape index (κ3) is 5.14. The molecule has 1 N–H and O–H groups in total. The van der Waals surface area contributed by atoms with Crippen LogP contribution in [0.5, 0.6) is 0 Å². The number of anilines is 2. The highest BCUT2D eigenvalue weighted by atomic mass is 16.1. The Labute approximate surface area is 153 Å². The number of nitrogens with zero attached hydrogens (tertiary/aromatic N) is 3. The van der Waals surface area contributed by atoms with Crippen molar-refractivity contribution in [1.82, 2.24) is 10.2 Å². The van der Waals surface area contributed by atoms with Crippen LogP contribution >= 0.6 is 0 Å². The number of amides is 1. The van der Waals surface area contributed by atoms with Crippen molar-refractivity contribution >= 4 is 17.5 Å². The van der Waals surface area contributed by atoms with E-state index in [9.17, 15) is 4.79 Å². The summed E-state index contributed by atoms with van der Waals surface area (Å²) >= 11 is 0. The first-order valence-electron chi connectivity index (χ1n) is 8.63. The summed E-state index contributed by atoms with van der Waals surface area (Å²) in [4.78, 5) is 14.1. The number of carbonyl (C=O) groups excluding carboxylic acids is 1. The van der Waals surface area contributed by atoms with Crippen molar-refractivity contribution in [2.75, 3.05) is 17.3 Å². The molecule has 0 aliphatic rings. The molecule has 3 rings (SSSR count). The highest BCUT2D eigenvalue weighted by Crippen LogP contribution is 2.13. The molecule has 1 aromatic heterocycles. The Bertz CT molecular complexity index is 820. The van der Waals surface area contributed by atoms with Crippen LogP contribution in [0.4, 0.5) is 11.6 Å². The lowest BCUT2D eigenvalue weighted by Crippen LogP contribution is -2.19. The fraction of sp³-hybridized carbons (Fsp3) is 0.190. The minimum absolute atomic E-state index is 0.0615. The molecule has 0 unspecified atom stereocenters. The van der Waals surface area contributed by atoms with E-state index in [-0.39, 0.29) is 5.91 Å². The Morgan fingerprint density at radius 3 is 2.15 bits per heavy atom. The minimum Gasteiger partial charge on any atom is -0.354 e. The Hall–Kier alpha value is -3.21. The van der Waals surface area contributed by atoms with Crippen LogP contribution < -0.4 is 10.2 Å². The standard InChI is InChI=1S/C21H22N4O/c1-25(16-18-10-6-3-7-11-18)20-14-13-19(23-24-20)22-21(26)15-12-17-8-4-2-5-9-17/h2-11,13-14H,12,15-16H2,1H3,(H,22,23,26). The van der Waals surface area contributed by atoms with Crippen LogP contribution in [0, 0.1) is 0 Å². The third-order valence-corrected chi connectivity index (χ3v) is 4.06. The second-order valence-corrected chi connectivity index (χ2v) is 6.15. The van der Waals surface area contributed by atoms with Gasteiger partial charge in [-0.1, -0.05) is 60.7 Å². The third-order valence-electron chi connectivity index (χ3n) is 4.06. The molecule has 1 heterocycles. The number of rotatable bonds is 7. The summed E-state index contributed by atoms with van der Waals surface area (Å²) in [6.45, 7) is 0.748. The molecule has 132 valence electrons. The molecule has 5 nitrogen and oxygen atoms in total. The van der Waals surface area contributed by atoms with Gasteiger partial charge in [-0.05, 0) is 29.7 Å². The van der Waals surface area contributed by atoms with E-state index in [1.807, 2.05) is 66.5 Å². The van der Waals surface area contributed by atoms with Gasteiger partial charge in [-0.15, -0.1) is 10.2 Å². The first kappa shape index (κ1) is 17.6. The van der Waals surface area contributed by atoms with E-state index in [2.05, 4.69) is 27.6 Å².